The lowest BCUT2D eigenvalue weighted by molar-refractivity contribution is 0.592. The first kappa shape index (κ1) is 17.2. The maximum absolute atomic E-state index is 13.2. The zero-order valence-electron chi connectivity index (χ0n) is 14.0. The molecule has 3 rings (SSSR count). The van der Waals surface area contributed by atoms with E-state index in [1.807, 2.05) is 38.1 Å². The Kier molecular flexibility index (Phi) is 4.58. The van der Waals surface area contributed by atoms with Gasteiger partial charge in [-0.1, -0.05) is 52.2 Å². The SMILES string of the molecule is CCC1=C(Br)CN(S(=O)(=O)c2ccc(C)cc2)c2ccc(C)cc21. The summed E-state index contributed by atoms with van der Waals surface area (Å²) in [6.07, 6.45) is 0.857. The van der Waals surface area contributed by atoms with Crippen LogP contribution < -0.4 is 4.31 Å². The first-order valence-corrected chi connectivity index (χ1v) is 10.2. The Morgan fingerprint density at radius 2 is 1.67 bits per heavy atom. The van der Waals surface area contributed by atoms with Gasteiger partial charge < -0.3 is 0 Å². The molecular formula is C19H20BrNO2S. The first-order valence-electron chi connectivity index (χ1n) is 7.92. The molecule has 0 atom stereocenters. The molecule has 126 valence electrons. The van der Waals surface area contributed by atoms with Crippen LogP contribution in [-0.4, -0.2) is 15.0 Å². The van der Waals surface area contributed by atoms with Crippen molar-refractivity contribution in [1.29, 1.82) is 0 Å². The fraction of sp³-hybridized carbons (Fsp3) is 0.263. The van der Waals surface area contributed by atoms with E-state index in [1.54, 1.807) is 12.1 Å². The van der Waals surface area contributed by atoms with Crippen molar-refractivity contribution in [3.63, 3.8) is 0 Å². The molecule has 0 saturated carbocycles. The number of halogens is 1. The van der Waals surface area contributed by atoms with E-state index >= 15 is 0 Å². The van der Waals surface area contributed by atoms with Crippen LogP contribution in [-0.2, 0) is 10.0 Å². The maximum atomic E-state index is 13.2. The van der Waals surface area contributed by atoms with Gasteiger partial charge in [-0.15, -0.1) is 0 Å². The third-order valence-electron chi connectivity index (χ3n) is 4.32. The lowest BCUT2D eigenvalue weighted by atomic mass is 9.96. The molecule has 2 aromatic carbocycles. The second-order valence-corrected chi connectivity index (χ2v) is 8.90. The van der Waals surface area contributed by atoms with E-state index in [0.29, 0.717) is 11.4 Å². The summed E-state index contributed by atoms with van der Waals surface area (Å²) < 4.78 is 28.8. The molecule has 0 fully saturated rings. The fourth-order valence-corrected chi connectivity index (χ4v) is 5.36. The van der Waals surface area contributed by atoms with Gasteiger partial charge in [-0.3, -0.25) is 4.31 Å². The number of anilines is 1. The van der Waals surface area contributed by atoms with Crippen molar-refractivity contribution in [2.75, 3.05) is 10.8 Å². The molecule has 2 aromatic rings. The molecule has 0 radical (unpaired) electrons. The van der Waals surface area contributed by atoms with Crippen LogP contribution in [0.2, 0.25) is 0 Å². The smallest absolute Gasteiger partial charge is 0.261 e. The molecule has 0 bridgehead atoms. The third kappa shape index (κ3) is 2.91. The van der Waals surface area contributed by atoms with Gasteiger partial charge in [-0.2, -0.15) is 0 Å². The Hall–Kier alpha value is -1.59. The molecule has 1 aliphatic rings. The van der Waals surface area contributed by atoms with Crippen LogP contribution in [0.3, 0.4) is 0 Å². The molecule has 1 aliphatic heterocycles. The number of aryl methyl sites for hydroxylation is 2. The van der Waals surface area contributed by atoms with Crippen LogP contribution in [0.25, 0.3) is 5.57 Å². The summed E-state index contributed by atoms with van der Waals surface area (Å²) in [6.45, 7) is 6.39. The van der Waals surface area contributed by atoms with E-state index in [0.717, 1.165) is 33.3 Å². The van der Waals surface area contributed by atoms with Gasteiger partial charge in [0.15, 0.2) is 0 Å². The molecule has 0 unspecified atom stereocenters. The lowest BCUT2D eigenvalue weighted by Gasteiger charge is -2.32. The minimum absolute atomic E-state index is 0.319. The number of nitrogens with zero attached hydrogens (tertiary/aromatic N) is 1. The Bertz CT molecular complexity index is 915. The Balaban J connectivity index is 2.17. The maximum Gasteiger partial charge on any atom is 0.264 e. The van der Waals surface area contributed by atoms with Gasteiger partial charge in [0, 0.05) is 10.0 Å². The van der Waals surface area contributed by atoms with E-state index in [-0.39, 0.29) is 0 Å². The summed E-state index contributed by atoms with van der Waals surface area (Å²) in [5.41, 5.74) is 5.07. The van der Waals surface area contributed by atoms with Gasteiger partial charge in [0.05, 0.1) is 17.1 Å². The summed E-state index contributed by atoms with van der Waals surface area (Å²) in [7, 11) is -3.60. The molecule has 0 N–H and O–H groups in total. The number of hydrogen-bond donors (Lipinski definition) is 0. The fourth-order valence-electron chi connectivity index (χ4n) is 3.00. The minimum atomic E-state index is -3.60. The van der Waals surface area contributed by atoms with Crippen LogP contribution in [0.1, 0.15) is 30.0 Å². The summed E-state index contributed by atoms with van der Waals surface area (Å²) in [5, 5.41) is 0. The van der Waals surface area contributed by atoms with E-state index < -0.39 is 10.0 Å². The molecule has 0 aliphatic carbocycles. The highest BCUT2D eigenvalue weighted by atomic mass is 79.9. The van der Waals surface area contributed by atoms with Crippen molar-refractivity contribution in [2.24, 2.45) is 0 Å². The van der Waals surface area contributed by atoms with Crippen LogP contribution in [0.5, 0.6) is 0 Å². The Labute approximate surface area is 152 Å². The van der Waals surface area contributed by atoms with Gasteiger partial charge in [-0.05, 0) is 50.1 Å². The molecule has 3 nitrogen and oxygen atoms in total. The second-order valence-electron chi connectivity index (χ2n) is 6.08. The van der Waals surface area contributed by atoms with Crippen molar-refractivity contribution >= 4 is 37.2 Å². The van der Waals surface area contributed by atoms with Gasteiger partial charge in [0.25, 0.3) is 10.0 Å². The van der Waals surface area contributed by atoms with Gasteiger partial charge in [0.2, 0.25) is 0 Å². The zero-order chi connectivity index (χ0) is 17.5. The lowest BCUT2D eigenvalue weighted by Crippen LogP contribution is -2.35. The quantitative estimate of drug-likeness (QED) is 0.717. The second kappa shape index (κ2) is 6.37. The monoisotopic (exact) mass is 405 g/mol. The number of benzene rings is 2. The van der Waals surface area contributed by atoms with Crippen LogP contribution in [0.15, 0.2) is 51.8 Å². The Morgan fingerprint density at radius 3 is 2.29 bits per heavy atom. The molecule has 0 aromatic heterocycles. The minimum Gasteiger partial charge on any atom is -0.261 e. The van der Waals surface area contributed by atoms with E-state index in [9.17, 15) is 8.42 Å². The summed E-state index contributed by atoms with van der Waals surface area (Å²) in [6, 6.07) is 12.9. The number of rotatable bonds is 3. The molecule has 24 heavy (non-hydrogen) atoms. The van der Waals surface area contributed by atoms with Gasteiger partial charge in [0.1, 0.15) is 0 Å². The molecule has 0 amide bonds. The molecular weight excluding hydrogens is 386 g/mol. The summed E-state index contributed by atoms with van der Waals surface area (Å²) in [5.74, 6) is 0. The highest BCUT2D eigenvalue weighted by Crippen LogP contribution is 2.41. The third-order valence-corrected chi connectivity index (χ3v) is 6.82. The van der Waals surface area contributed by atoms with Crippen LogP contribution >= 0.6 is 15.9 Å². The average molecular weight is 406 g/mol. The van der Waals surface area contributed by atoms with E-state index in [4.69, 9.17) is 0 Å². The summed E-state index contributed by atoms with van der Waals surface area (Å²) in [4.78, 5) is 0.319. The highest BCUT2D eigenvalue weighted by Gasteiger charge is 2.31. The molecule has 5 heteroatoms. The van der Waals surface area contributed by atoms with Crippen molar-refractivity contribution in [1.82, 2.24) is 0 Å². The standard InChI is InChI=1S/C19H20BrNO2S/c1-4-16-17-11-14(3)7-10-19(17)21(12-18(16)20)24(22,23)15-8-5-13(2)6-9-15/h5-11H,4,12H2,1-3H3. The number of fused-ring (bicyclic) bond motifs is 1. The van der Waals surface area contributed by atoms with Gasteiger partial charge >= 0.3 is 0 Å². The average Bonchev–Trinajstić information content (AvgIpc) is 2.54. The highest BCUT2D eigenvalue weighted by molar-refractivity contribution is 9.11. The molecule has 0 saturated heterocycles. The van der Waals surface area contributed by atoms with Crippen molar-refractivity contribution in [2.45, 2.75) is 32.1 Å². The first-order chi connectivity index (χ1) is 11.3. The van der Waals surface area contributed by atoms with Crippen molar-refractivity contribution in [3.8, 4) is 0 Å². The van der Waals surface area contributed by atoms with E-state index in [1.165, 1.54) is 9.88 Å². The summed E-state index contributed by atoms with van der Waals surface area (Å²) >= 11 is 3.60. The van der Waals surface area contributed by atoms with Crippen molar-refractivity contribution < 1.29 is 8.42 Å². The normalized spacial score (nSPS) is 14.8. The number of allylic oxidation sites excluding steroid dienone is 1. The van der Waals surface area contributed by atoms with Gasteiger partial charge in [-0.25, -0.2) is 8.42 Å². The van der Waals surface area contributed by atoms with Crippen molar-refractivity contribution in [3.05, 3.63) is 63.6 Å². The zero-order valence-corrected chi connectivity index (χ0v) is 16.4. The predicted molar refractivity (Wildman–Crippen MR) is 103 cm³/mol. The van der Waals surface area contributed by atoms with Crippen LogP contribution in [0, 0.1) is 13.8 Å². The number of hydrogen-bond acceptors (Lipinski definition) is 2. The van der Waals surface area contributed by atoms with E-state index in [2.05, 4.69) is 28.9 Å². The molecule has 1 heterocycles. The van der Waals surface area contributed by atoms with Crippen LogP contribution in [0.4, 0.5) is 5.69 Å². The number of sulfonamides is 1. The molecule has 0 spiro atoms. The topological polar surface area (TPSA) is 37.4 Å². The largest absolute Gasteiger partial charge is 0.264 e. The Morgan fingerprint density at radius 1 is 1.04 bits per heavy atom. The predicted octanol–water partition coefficient (Wildman–Crippen LogP) is 5.03.